The molecule has 2 aromatic rings. The predicted molar refractivity (Wildman–Crippen MR) is 114 cm³/mol. The average Bonchev–Trinajstić information content (AvgIpc) is 2.68. The van der Waals surface area contributed by atoms with Gasteiger partial charge in [-0.3, -0.25) is 9.52 Å². The molecule has 3 rings (SSSR count). The highest BCUT2D eigenvalue weighted by Gasteiger charge is 2.18. The zero-order chi connectivity index (χ0) is 20.1. The van der Waals surface area contributed by atoms with Gasteiger partial charge in [-0.2, -0.15) is 0 Å². The number of carbonyl (C=O) groups is 1. The summed E-state index contributed by atoms with van der Waals surface area (Å²) in [7, 11) is -0.318. The monoisotopic (exact) mass is 418 g/mol. The van der Waals surface area contributed by atoms with E-state index in [0.29, 0.717) is 16.5 Å². The molecule has 28 heavy (non-hydrogen) atoms. The lowest BCUT2D eigenvalue weighted by Gasteiger charge is -2.22. The van der Waals surface area contributed by atoms with Crippen molar-refractivity contribution < 1.29 is 13.2 Å². The molecule has 1 fully saturated rings. The molecule has 0 radical (unpaired) electrons. The average molecular weight is 419 g/mol. The van der Waals surface area contributed by atoms with E-state index in [1.807, 2.05) is 12.1 Å². The molecule has 1 saturated carbocycles. The lowest BCUT2D eigenvalue weighted by atomic mass is 9.84. The van der Waals surface area contributed by atoms with Gasteiger partial charge in [-0.05, 0) is 66.4 Å². The third-order valence-electron chi connectivity index (χ3n) is 4.92. The van der Waals surface area contributed by atoms with E-state index < -0.39 is 10.0 Å². The van der Waals surface area contributed by atoms with E-state index in [1.54, 1.807) is 50.5 Å². The van der Waals surface area contributed by atoms with Crippen LogP contribution in [-0.4, -0.2) is 32.7 Å². The molecule has 1 N–H and O–H groups in total. The molecule has 0 saturated heterocycles. The van der Waals surface area contributed by atoms with Crippen molar-refractivity contribution in [2.45, 2.75) is 47.8 Å². The van der Waals surface area contributed by atoms with Gasteiger partial charge in [0.05, 0.1) is 4.90 Å². The smallest absolute Gasteiger partial charge is 0.285 e. The zero-order valence-electron chi connectivity index (χ0n) is 16.2. The summed E-state index contributed by atoms with van der Waals surface area (Å²) in [5.41, 5.74) is 1.66. The molecule has 1 aliphatic carbocycles. The molecular formula is C21H26N2O3S2. The largest absolute Gasteiger partial charge is 0.339 e. The minimum Gasteiger partial charge on any atom is -0.339 e. The normalized spacial score (nSPS) is 15.2. The van der Waals surface area contributed by atoms with Crippen LogP contribution >= 0.6 is 11.8 Å². The van der Waals surface area contributed by atoms with Crippen LogP contribution in [0.25, 0.3) is 0 Å². The number of amides is 1. The molecule has 0 bridgehead atoms. The fourth-order valence-corrected chi connectivity index (χ4v) is 5.15. The van der Waals surface area contributed by atoms with E-state index in [1.165, 1.54) is 42.6 Å². The van der Waals surface area contributed by atoms with Gasteiger partial charge in [0.2, 0.25) is 0 Å². The number of hydrogen-bond acceptors (Lipinski definition) is 4. The van der Waals surface area contributed by atoms with Gasteiger partial charge in [-0.15, -0.1) is 0 Å². The third-order valence-corrected chi connectivity index (χ3v) is 7.35. The molecule has 0 heterocycles. The van der Waals surface area contributed by atoms with Gasteiger partial charge in [0.15, 0.2) is 0 Å². The third kappa shape index (κ3) is 5.29. The van der Waals surface area contributed by atoms with Crippen LogP contribution in [0.1, 0.15) is 43.6 Å². The van der Waals surface area contributed by atoms with E-state index in [2.05, 4.69) is 4.72 Å². The van der Waals surface area contributed by atoms with Crippen molar-refractivity contribution in [1.29, 1.82) is 0 Å². The lowest BCUT2D eigenvalue weighted by molar-refractivity contribution is 0.241. The highest BCUT2D eigenvalue weighted by Crippen LogP contribution is 2.33. The van der Waals surface area contributed by atoms with Crippen molar-refractivity contribution in [1.82, 2.24) is 4.90 Å². The first kappa shape index (κ1) is 20.7. The number of nitrogens with one attached hydrogen (secondary N) is 1. The van der Waals surface area contributed by atoms with Gasteiger partial charge in [-0.25, -0.2) is 8.42 Å². The summed E-state index contributed by atoms with van der Waals surface area (Å²) in [5.74, 6) is 0.543. The Bertz CT molecular complexity index is 919. The molecule has 150 valence electrons. The fraction of sp³-hybridized carbons (Fsp3) is 0.381. The van der Waals surface area contributed by atoms with Crippen LogP contribution in [0.5, 0.6) is 0 Å². The molecule has 0 aromatic heterocycles. The summed E-state index contributed by atoms with van der Waals surface area (Å²) < 4.78 is 28.1. The van der Waals surface area contributed by atoms with Gasteiger partial charge >= 0.3 is 0 Å². The van der Waals surface area contributed by atoms with E-state index >= 15 is 0 Å². The van der Waals surface area contributed by atoms with Gasteiger partial charge in [0.25, 0.3) is 15.3 Å². The van der Waals surface area contributed by atoms with Crippen molar-refractivity contribution in [2.75, 3.05) is 18.8 Å². The van der Waals surface area contributed by atoms with Crippen molar-refractivity contribution in [3.63, 3.8) is 0 Å². The second-order valence-electron chi connectivity index (χ2n) is 7.30. The van der Waals surface area contributed by atoms with E-state index in [0.717, 1.165) is 11.8 Å². The number of rotatable bonds is 5. The van der Waals surface area contributed by atoms with E-state index in [4.69, 9.17) is 0 Å². The Morgan fingerprint density at radius 1 is 1.04 bits per heavy atom. The first-order chi connectivity index (χ1) is 13.3. The minimum atomic E-state index is -3.68. The van der Waals surface area contributed by atoms with E-state index in [9.17, 15) is 13.2 Å². The Hall–Kier alpha value is -1.99. The number of thioether (sulfide) groups is 1. The number of sulfonamides is 1. The molecular weight excluding hydrogens is 392 g/mol. The number of nitrogens with zero attached hydrogens (tertiary/aromatic N) is 1. The minimum absolute atomic E-state index is 0.113. The van der Waals surface area contributed by atoms with Crippen molar-refractivity contribution in [3.8, 4) is 0 Å². The van der Waals surface area contributed by atoms with Crippen LogP contribution in [-0.2, 0) is 10.0 Å². The molecule has 0 spiro atoms. The Morgan fingerprint density at radius 2 is 1.71 bits per heavy atom. The summed E-state index contributed by atoms with van der Waals surface area (Å²) in [6, 6.07) is 14.1. The maximum atomic E-state index is 12.7. The summed E-state index contributed by atoms with van der Waals surface area (Å²) >= 11 is 1.06. The number of anilines is 1. The Morgan fingerprint density at radius 3 is 2.36 bits per heavy atom. The van der Waals surface area contributed by atoms with Crippen LogP contribution in [0.4, 0.5) is 10.5 Å². The molecule has 1 aliphatic rings. The van der Waals surface area contributed by atoms with Crippen LogP contribution in [0.15, 0.2) is 58.3 Å². The summed E-state index contributed by atoms with van der Waals surface area (Å²) in [6.45, 7) is 0. The molecule has 0 atom stereocenters. The lowest BCUT2D eigenvalue weighted by Crippen LogP contribution is -2.16. The molecule has 2 aromatic carbocycles. The zero-order valence-corrected chi connectivity index (χ0v) is 17.9. The second kappa shape index (κ2) is 9.01. The second-order valence-corrected chi connectivity index (χ2v) is 10.0. The number of carbonyl (C=O) groups excluding carboxylic acids is 1. The van der Waals surface area contributed by atoms with Crippen LogP contribution in [0.3, 0.4) is 0 Å². The van der Waals surface area contributed by atoms with Gasteiger partial charge in [-0.1, -0.05) is 37.5 Å². The standard InChI is InChI=1S/C21H26N2O3S2/c1-23(2)21(24)27-19-10-6-9-18(15-19)22-28(25,26)20-13-11-17(12-14-20)16-7-4-3-5-8-16/h6,9-16,22H,3-5,7-8H2,1-2H3. The number of hydrogen-bond donors (Lipinski definition) is 1. The molecule has 5 nitrogen and oxygen atoms in total. The van der Waals surface area contributed by atoms with Crippen molar-refractivity contribution in [2.24, 2.45) is 0 Å². The van der Waals surface area contributed by atoms with Gasteiger partial charge in [0.1, 0.15) is 0 Å². The maximum Gasteiger partial charge on any atom is 0.285 e. The molecule has 0 aliphatic heterocycles. The first-order valence-corrected chi connectivity index (χ1v) is 11.8. The predicted octanol–water partition coefficient (Wildman–Crippen LogP) is 5.31. The Labute approximate surface area is 171 Å². The highest BCUT2D eigenvalue weighted by atomic mass is 32.2. The van der Waals surface area contributed by atoms with Crippen LogP contribution in [0.2, 0.25) is 0 Å². The summed E-state index contributed by atoms with van der Waals surface area (Å²) in [4.78, 5) is 14.3. The van der Waals surface area contributed by atoms with Crippen LogP contribution < -0.4 is 4.72 Å². The quantitative estimate of drug-likeness (QED) is 0.668. The topological polar surface area (TPSA) is 66.5 Å². The molecule has 1 amide bonds. The molecule has 7 heteroatoms. The molecule has 0 unspecified atom stereocenters. The summed E-state index contributed by atoms with van der Waals surface area (Å²) in [5, 5.41) is -0.113. The van der Waals surface area contributed by atoms with Crippen molar-refractivity contribution >= 4 is 32.7 Å². The Balaban J connectivity index is 1.72. The van der Waals surface area contributed by atoms with Crippen LogP contribution in [0, 0.1) is 0 Å². The Kier molecular flexibility index (Phi) is 6.67. The summed E-state index contributed by atoms with van der Waals surface area (Å²) in [6.07, 6.45) is 6.15. The first-order valence-electron chi connectivity index (χ1n) is 9.47. The highest BCUT2D eigenvalue weighted by molar-refractivity contribution is 8.13. The van der Waals surface area contributed by atoms with Gasteiger partial charge in [0, 0.05) is 24.7 Å². The maximum absolute atomic E-state index is 12.7. The van der Waals surface area contributed by atoms with E-state index in [-0.39, 0.29) is 10.1 Å². The SMILES string of the molecule is CN(C)C(=O)Sc1cccc(NS(=O)(=O)c2ccc(C3CCCCC3)cc2)c1. The number of benzene rings is 2. The fourth-order valence-electron chi connectivity index (χ4n) is 3.38. The van der Waals surface area contributed by atoms with Crippen molar-refractivity contribution in [3.05, 3.63) is 54.1 Å². The van der Waals surface area contributed by atoms with Gasteiger partial charge < -0.3 is 4.90 Å².